The summed E-state index contributed by atoms with van der Waals surface area (Å²) in [5.74, 6) is 1.59. The Labute approximate surface area is 139 Å². The molecule has 3 heteroatoms. The third kappa shape index (κ3) is 2.97. The smallest absolute Gasteiger partial charge is 0.137 e. The highest BCUT2D eigenvalue weighted by Gasteiger charge is 2.11. The molecule has 3 nitrogen and oxygen atoms in total. The first-order valence-corrected chi connectivity index (χ1v) is 7.80. The minimum Gasteiger partial charge on any atom is -0.490 e. The van der Waals surface area contributed by atoms with Crippen LogP contribution in [0.1, 0.15) is 5.56 Å². The van der Waals surface area contributed by atoms with Gasteiger partial charge >= 0.3 is 0 Å². The lowest BCUT2D eigenvalue weighted by Gasteiger charge is -2.03. The van der Waals surface area contributed by atoms with Crippen LogP contribution in [0.15, 0.2) is 88.1 Å². The van der Waals surface area contributed by atoms with Crippen LogP contribution in [0, 0.1) is 0 Å². The van der Waals surface area contributed by atoms with Crippen molar-refractivity contribution in [3.05, 3.63) is 84.8 Å². The number of hydrogen-bond acceptors (Lipinski definition) is 3. The average Bonchev–Trinajstić information content (AvgIpc) is 3.28. The van der Waals surface area contributed by atoms with E-state index in [2.05, 4.69) is 12.1 Å². The number of furan rings is 2. The maximum atomic E-state index is 5.82. The van der Waals surface area contributed by atoms with Crippen molar-refractivity contribution in [1.29, 1.82) is 0 Å². The molecule has 0 radical (unpaired) electrons. The number of fused-ring (bicyclic) bond motifs is 1. The minimum absolute atomic E-state index is 0.508. The molecule has 0 saturated heterocycles. The fourth-order valence-corrected chi connectivity index (χ4v) is 2.61. The van der Waals surface area contributed by atoms with Crippen LogP contribution < -0.4 is 4.74 Å². The van der Waals surface area contributed by atoms with Crippen molar-refractivity contribution < 1.29 is 13.6 Å². The molecule has 24 heavy (non-hydrogen) atoms. The quantitative estimate of drug-likeness (QED) is 0.468. The van der Waals surface area contributed by atoms with E-state index < -0.39 is 0 Å². The Kier molecular flexibility index (Phi) is 3.90. The standard InChI is InChI=1S/C21H16O3/c1-2-6-16(7-3-1)8-4-12-22-17-10-11-21-18(14-17)19(15-24-21)20-9-5-13-23-20/h1-11,13-15H,12H2/b8-4+. The molecular weight excluding hydrogens is 300 g/mol. The van der Waals surface area contributed by atoms with Crippen molar-refractivity contribution in [2.45, 2.75) is 0 Å². The number of ether oxygens (including phenoxy) is 1. The van der Waals surface area contributed by atoms with Crippen molar-refractivity contribution >= 4 is 17.0 Å². The fraction of sp³-hybridized carbons (Fsp3) is 0.0476. The Morgan fingerprint density at radius 1 is 0.917 bits per heavy atom. The van der Waals surface area contributed by atoms with Crippen LogP contribution in [-0.2, 0) is 0 Å². The maximum Gasteiger partial charge on any atom is 0.137 e. The molecule has 0 bridgehead atoms. The summed E-state index contributed by atoms with van der Waals surface area (Å²) < 4.78 is 16.9. The Morgan fingerprint density at radius 2 is 1.83 bits per heavy atom. The fourth-order valence-electron chi connectivity index (χ4n) is 2.61. The van der Waals surface area contributed by atoms with Crippen LogP contribution in [0.3, 0.4) is 0 Å². The Bertz CT molecular complexity index is 947. The Hall–Kier alpha value is -3.20. The SMILES string of the molecule is C(=C\c1ccccc1)/COc1ccc2occ(-c3ccco3)c2c1. The van der Waals surface area contributed by atoms with E-state index in [4.69, 9.17) is 13.6 Å². The van der Waals surface area contributed by atoms with Crippen molar-refractivity contribution in [2.75, 3.05) is 6.61 Å². The third-order valence-corrected chi connectivity index (χ3v) is 3.79. The zero-order valence-electron chi connectivity index (χ0n) is 13.0. The van der Waals surface area contributed by atoms with E-state index in [0.717, 1.165) is 33.6 Å². The van der Waals surface area contributed by atoms with Gasteiger partial charge in [0.1, 0.15) is 30.0 Å². The van der Waals surface area contributed by atoms with E-state index in [1.165, 1.54) is 0 Å². The van der Waals surface area contributed by atoms with Gasteiger partial charge in [-0.05, 0) is 42.0 Å². The molecule has 0 aliphatic rings. The zero-order chi connectivity index (χ0) is 16.2. The summed E-state index contributed by atoms with van der Waals surface area (Å²) in [6, 6.07) is 19.7. The lowest BCUT2D eigenvalue weighted by atomic mass is 10.1. The predicted molar refractivity (Wildman–Crippen MR) is 94.9 cm³/mol. The Morgan fingerprint density at radius 3 is 2.67 bits per heavy atom. The molecule has 0 aliphatic heterocycles. The van der Waals surface area contributed by atoms with Gasteiger partial charge in [-0.3, -0.25) is 0 Å². The highest BCUT2D eigenvalue weighted by Crippen LogP contribution is 2.33. The molecule has 4 aromatic rings. The largest absolute Gasteiger partial charge is 0.490 e. The van der Waals surface area contributed by atoms with E-state index in [9.17, 15) is 0 Å². The van der Waals surface area contributed by atoms with Crippen molar-refractivity contribution in [2.24, 2.45) is 0 Å². The summed E-state index contributed by atoms with van der Waals surface area (Å²) in [7, 11) is 0. The van der Waals surface area contributed by atoms with Gasteiger partial charge in [-0.15, -0.1) is 0 Å². The second-order valence-electron chi connectivity index (χ2n) is 5.41. The normalized spacial score (nSPS) is 11.3. The van der Waals surface area contributed by atoms with Crippen LogP contribution >= 0.6 is 0 Å². The molecular formula is C21H16O3. The maximum absolute atomic E-state index is 5.82. The summed E-state index contributed by atoms with van der Waals surface area (Å²) in [6.07, 6.45) is 7.42. The van der Waals surface area contributed by atoms with Gasteiger partial charge in [0.2, 0.25) is 0 Å². The highest BCUT2D eigenvalue weighted by molar-refractivity contribution is 5.93. The summed E-state index contributed by atoms with van der Waals surface area (Å²) in [4.78, 5) is 0. The van der Waals surface area contributed by atoms with Gasteiger partial charge in [0.25, 0.3) is 0 Å². The van der Waals surface area contributed by atoms with Gasteiger partial charge in [0.05, 0.1) is 11.8 Å². The molecule has 0 spiro atoms. The summed E-state index contributed by atoms with van der Waals surface area (Å²) in [5, 5.41) is 0.981. The van der Waals surface area contributed by atoms with Crippen molar-refractivity contribution in [3.8, 4) is 17.1 Å². The molecule has 0 atom stereocenters. The first-order chi connectivity index (χ1) is 11.9. The average molecular weight is 316 g/mol. The van der Waals surface area contributed by atoms with Crippen LogP contribution in [0.5, 0.6) is 5.75 Å². The lowest BCUT2D eigenvalue weighted by Crippen LogP contribution is -1.92. The number of rotatable bonds is 5. The molecule has 0 N–H and O–H groups in total. The van der Waals surface area contributed by atoms with E-state index in [1.54, 1.807) is 12.5 Å². The van der Waals surface area contributed by atoms with Gasteiger partial charge in [-0.2, -0.15) is 0 Å². The second kappa shape index (κ2) is 6.50. The van der Waals surface area contributed by atoms with Crippen LogP contribution in [0.2, 0.25) is 0 Å². The molecule has 118 valence electrons. The van der Waals surface area contributed by atoms with Crippen molar-refractivity contribution in [1.82, 2.24) is 0 Å². The monoisotopic (exact) mass is 316 g/mol. The predicted octanol–water partition coefficient (Wildman–Crippen LogP) is 5.79. The highest BCUT2D eigenvalue weighted by atomic mass is 16.5. The van der Waals surface area contributed by atoms with Crippen LogP contribution in [-0.4, -0.2) is 6.61 Å². The molecule has 2 aromatic carbocycles. The first kappa shape index (κ1) is 14.4. The molecule has 2 heterocycles. The van der Waals surface area contributed by atoms with E-state index in [0.29, 0.717) is 6.61 Å². The molecule has 0 unspecified atom stereocenters. The van der Waals surface area contributed by atoms with Crippen LogP contribution in [0.4, 0.5) is 0 Å². The number of hydrogen-bond donors (Lipinski definition) is 0. The van der Waals surface area contributed by atoms with E-state index in [-0.39, 0.29) is 0 Å². The Balaban J connectivity index is 1.51. The van der Waals surface area contributed by atoms with Crippen molar-refractivity contribution in [3.63, 3.8) is 0 Å². The summed E-state index contributed by atoms with van der Waals surface area (Å²) in [6.45, 7) is 0.508. The third-order valence-electron chi connectivity index (χ3n) is 3.79. The molecule has 0 fully saturated rings. The van der Waals surface area contributed by atoms with Gasteiger partial charge in [0, 0.05) is 5.39 Å². The van der Waals surface area contributed by atoms with E-state index >= 15 is 0 Å². The molecule has 4 rings (SSSR count). The molecule has 2 aromatic heterocycles. The molecule has 0 saturated carbocycles. The second-order valence-corrected chi connectivity index (χ2v) is 5.41. The summed E-state index contributed by atoms with van der Waals surface area (Å²) in [5.41, 5.74) is 2.90. The number of benzene rings is 2. The van der Waals surface area contributed by atoms with Gasteiger partial charge in [-0.1, -0.05) is 36.4 Å². The molecule has 0 amide bonds. The molecule has 0 aliphatic carbocycles. The van der Waals surface area contributed by atoms with Gasteiger partial charge in [0.15, 0.2) is 0 Å². The summed E-state index contributed by atoms with van der Waals surface area (Å²) >= 11 is 0. The minimum atomic E-state index is 0.508. The topological polar surface area (TPSA) is 35.5 Å². The van der Waals surface area contributed by atoms with Crippen LogP contribution in [0.25, 0.3) is 28.4 Å². The van der Waals surface area contributed by atoms with Gasteiger partial charge < -0.3 is 13.6 Å². The van der Waals surface area contributed by atoms with E-state index in [1.807, 2.05) is 60.7 Å². The zero-order valence-corrected chi connectivity index (χ0v) is 13.0. The van der Waals surface area contributed by atoms with Gasteiger partial charge in [-0.25, -0.2) is 0 Å². The first-order valence-electron chi connectivity index (χ1n) is 7.80. The lowest BCUT2D eigenvalue weighted by molar-refractivity contribution is 0.364.